The molecule has 0 radical (unpaired) electrons. The van der Waals surface area contributed by atoms with Crippen LogP contribution in [0.4, 0.5) is 0 Å². The first-order chi connectivity index (χ1) is 8.49. The second-order valence-electron chi connectivity index (χ2n) is 6.44. The van der Waals surface area contributed by atoms with Crippen LogP contribution in [-0.4, -0.2) is 42.5 Å². The average molecular weight is 273 g/mol. The summed E-state index contributed by atoms with van der Waals surface area (Å²) in [7, 11) is 0. The van der Waals surface area contributed by atoms with Crippen molar-refractivity contribution in [3.8, 4) is 0 Å². The van der Waals surface area contributed by atoms with Crippen molar-refractivity contribution < 1.29 is 4.74 Å². The summed E-state index contributed by atoms with van der Waals surface area (Å²) in [6.45, 7) is 13.2. The summed E-state index contributed by atoms with van der Waals surface area (Å²) < 4.78 is 5.62. The van der Waals surface area contributed by atoms with Crippen molar-refractivity contribution in [3.05, 3.63) is 0 Å². The summed E-state index contributed by atoms with van der Waals surface area (Å²) in [5.41, 5.74) is 0.565. The Kier molecular flexibility index (Phi) is 6.49. The lowest BCUT2D eigenvalue weighted by molar-refractivity contribution is -0.0677. The van der Waals surface area contributed by atoms with Crippen LogP contribution in [0.25, 0.3) is 0 Å². The Balaban J connectivity index is 2.74. The van der Waals surface area contributed by atoms with Gasteiger partial charge in [-0.15, -0.1) is 0 Å². The minimum absolute atomic E-state index is 0.175. The summed E-state index contributed by atoms with van der Waals surface area (Å²) in [5, 5.41) is 0. The Labute approximate surface area is 119 Å². The normalized spacial score (nSPS) is 21.2. The SMILES string of the molecule is CCCC(CS)(CCC)CN1CCOCC1(C)C. The van der Waals surface area contributed by atoms with E-state index in [9.17, 15) is 0 Å². The molecule has 18 heavy (non-hydrogen) atoms. The van der Waals surface area contributed by atoms with Crippen molar-refractivity contribution >= 4 is 12.6 Å². The van der Waals surface area contributed by atoms with E-state index in [4.69, 9.17) is 4.74 Å². The number of morpholine rings is 1. The fourth-order valence-electron chi connectivity index (χ4n) is 3.14. The van der Waals surface area contributed by atoms with Gasteiger partial charge in [0.25, 0.3) is 0 Å². The van der Waals surface area contributed by atoms with Crippen LogP contribution in [0.1, 0.15) is 53.4 Å². The van der Waals surface area contributed by atoms with E-state index in [1.165, 1.54) is 32.2 Å². The highest BCUT2D eigenvalue weighted by molar-refractivity contribution is 7.80. The van der Waals surface area contributed by atoms with Gasteiger partial charge in [0.15, 0.2) is 0 Å². The van der Waals surface area contributed by atoms with Gasteiger partial charge in [-0.05, 0) is 37.9 Å². The summed E-state index contributed by atoms with van der Waals surface area (Å²) in [5.74, 6) is 1.00. The molecule has 2 nitrogen and oxygen atoms in total. The highest BCUT2D eigenvalue weighted by Gasteiger charge is 2.37. The van der Waals surface area contributed by atoms with E-state index in [0.717, 1.165) is 25.5 Å². The molecule has 0 N–H and O–H groups in total. The third-order valence-corrected chi connectivity index (χ3v) is 4.91. The monoisotopic (exact) mass is 273 g/mol. The standard InChI is InChI=1S/C15H31NOS/c1-5-7-15(13-18,8-6-2)11-16-9-10-17-12-14(16,3)4/h18H,5-13H2,1-4H3. The molecule has 1 aliphatic rings. The first kappa shape index (κ1) is 16.3. The molecule has 1 heterocycles. The van der Waals surface area contributed by atoms with Gasteiger partial charge in [0, 0.05) is 18.6 Å². The molecule has 1 rings (SSSR count). The van der Waals surface area contributed by atoms with Crippen molar-refractivity contribution in [2.24, 2.45) is 5.41 Å². The third kappa shape index (κ3) is 4.14. The first-order valence-electron chi connectivity index (χ1n) is 7.43. The molecule has 0 spiro atoms. The minimum Gasteiger partial charge on any atom is -0.378 e. The Morgan fingerprint density at radius 2 is 1.83 bits per heavy atom. The van der Waals surface area contributed by atoms with Crippen LogP contribution in [0.5, 0.6) is 0 Å². The molecule has 108 valence electrons. The van der Waals surface area contributed by atoms with Gasteiger partial charge in [0.2, 0.25) is 0 Å². The number of rotatable bonds is 7. The van der Waals surface area contributed by atoms with Gasteiger partial charge >= 0.3 is 0 Å². The maximum absolute atomic E-state index is 5.62. The number of nitrogens with zero attached hydrogens (tertiary/aromatic N) is 1. The highest BCUT2D eigenvalue weighted by Crippen LogP contribution is 2.35. The molecule has 0 aromatic rings. The van der Waals surface area contributed by atoms with E-state index < -0.39 is 0 Å². The number of thiol groups is 1. The molecule has 0 aromatic carbocycles. The minimum atomic E-state index is 0.175. The maximum atomic E-state index is 5.62. The molecule has 0 unspecified atom stereocenters. The molecule has 0 bridgehead atoms. The molecule has 1 aliphatic heterocycles. The third-order valence-electron chi connectivity index (χ3n) is 4.24. The predicted molar refractivity (Wildman–Crippen MR) is 82.6 cm³/mol. The Morgan fingerprint density at radius 3 is 2.28 bits per heavy atom. The largest absolute Gasteiger partial charge is 0.378 e. The molecular formula is C15H31NOS. The van der Waals surface area contributed by atoms with Crippen LogP contribution >= 0.6 is 12.6 Å². The lowest BCUT2D eigenvalue weighted by Gasteiger charge is -2.47. The van der Waals surface area contributed by atoms with Crippen LogP contribution in [0.3, 0.4) is 0 Å². The average Bonchev–Trinajstić information content (AvgIpc) is 2.32. The molecule has 3 heteroatoms. The smallest absolute Gasteiger partial charge is 0.0645 e. The fraction of sp³-hybridized carbons (Fsp3) is 1.00. The summed E-state index contributed by atoms with van der Waals surface area (Å²) in [4.78, 5) is 2.62. The number of ether oxygens (including phenoxy) is 1. The van der Waals surface area contributed by atoms with Crippen molar-refractivity contribution in [1.29, 1.82) is 0 Å². The molecule has 0 amide bonds. The van der Waals surface area contributed by atoms with Crippen molar-refractivity contribution in [3.63, 3.8) is 0 Å². The Hall–Kier alpha value is 0.270. The van der Waals surface area contributed by atoms with E-state index in [0.29, 0.717) is 5.41 Å². The van der Waals surface area contributed by atoms with Gasteiger partial charge in [-0.25, -0.2) is 0 Å². The van der Waals surface area contributed by atoms with E-state index in [1.54, 1.807) is 0 Å². The maximum Gasteiger partial charge on any atom is 0.0645 e. The van der Waals surface area contributed by atoms with Crippen LogP contribution in [-0.2, 0) is 4.74 Å². The first-order valence-corrected chi connectivity index (χ1v) is 8.06. The van der Waals surface area contributed by atoms with E-state index >= 15 is 0 Å². The van der Waals surface area contributed by atoms with Crippen molar-refractivity contribution in [2.75, 3.05) is 32.1 Å². The fourth-order valence-corrected chi connectivity index (χ4v) is 3.56. The lowest BCUT2D eigenvalue weighted by Crippen LogP contribution is -2.56. The summed E-state index contributed by atoms with van der Waals surface area (Å²) >= 11 is 4.67. The van der Waals surface area contributed by atoms with E-state index in [1.807, 2.05) is 0 Å². The van der Waals surface area contributed by atoms with Gasteiger partial charge in [-0.2, -0.15) is 12.6 Å². The molecular weight excluding hydrogens is 242 g/mol. The van der Waals surface area contributed by atoms with Crippen LogP contribution in [0.2, 0.25) is 0 Å². The van der Waals surface area contributed by atoms with Gasteiger partial charge in [0.05, 0.1) is 13.2 Å². The topological polar surface area (TPSA) is 12.5 Å². The van der Waals surface area contributed by atoms with Gasteiger partial charge in [-0.1, -0.05) is 26.7 Å². The second kappa shape index (κ2) is 7.16. The van der Waals surface area contributed by atoms with E-state index in [-0.39, 0.29) is 5.54 Å². The summed E-state index contributed by atoms with van der Waals surface area (Å²) in [6, 6.07) is 0. The number of hydrogen-bond donors (Lipinski definition) is 1. The quantitative estimate of drug-likeness (QED) is 0.711. The molecule has 1 saturated heterocycles. The molecule has 0 aliphatic carbocycles. The molecule has 1 fully saturated rings. The number of hydrogen-bond acceptors (Lipinski definition) is 3. The predicted octanol–water partition coefficient (Wildman–Crippen LogP) is 3.61. The van der Waals surface area contributed by atoms with Crippen LogP contribution < -0.4 is 0 Å². The molecule has 0 saturated carbocycles. The van der Waals surface area contributed by atoms with Crippen molar-refractivity contribution in [1.82, 2.24) is 4.90 Å². The zero-order valence-electron chi connectivity index (χ0n) is 12.7. The Morgan fingerprint density at radius 1 is 1.22 bits per heavy atom. The second-order valence-corrected chi connectivity index (χ2v) is 6.76. The van der Waals surface area contributed by atoms with E-state index in [2.05, 4.69) is 45.2 Å². The van der Waals surface area contributed by atoms with Crippen LogP contribution in [0, 0.1) is 5.41 Å². The molecule has 0 aromatic heterocycles. The zero-order valence-corrected chi connectivity index (χ0v) is 13.6. The summed E-state index contributed by atoms with van der Waals surface area (Å²) in [6.07, 6.45) is 5.09. The van der Waals surface area contributed by atoms with Gasteiger partial charge in [-0.3, -0.25) is 4.90 Å². The van der Waals surface area contributed by atoms with Gasteiger partial charge in [0.1, 0.15) is 0 Å². The highest BCUT2D eigenvalue weighted by atomic mass is 32.1. The Bertz CT molecular complexity index is 237. The van der Waals surface area contributed by atoms with Gasteiger partial charge < -0.3 is 4.74 Å². The molecule has 0 atom stereocenters. The lowest BCUT2D eigenvalue weighted by atomic mass is 9.79. The van der Waals surface area contributed by atoms with Crippen LogP contribution in [0.15, 0.2) is 0 Å². The zero-order chi connectivity index (χ0) is 13.6. The van der Waals surface area contributed by atoms with Crippen molar-refractivity contribution in [2.45, 2.75) is 58.9 Å².